The number of ether oxygens (including phenoxy) is 3. The zero-order valence-electron chi connectivity index (χ0n) is 19.4. The molecule has 9 heteroatoms. The SMILES string of the molecule is COc1ccc(NC(=O)CCC(=O)NN=Cc2ccc(OCc3ccc(Br)cc3)c(OC)c2)cc1. The standard InChI is InChI=1S/C26H26BrN3O5/c1-33-22-10-8-21(9-11-22)29-25(31)13-14-26(32)30-28-16-19-5-12-23(24(15-19)34-2)35-17-18-3-6-20(27)7-4-18/h3-12,15-16H,13-14,17H2,1-2H3,(H,29,31)(H,30,32). The molecule has 0 saturated carbocycles. The minimum absolute atomic E-state index is 0.00544. The maximum absolute atomic E-state index is 12.0. The summed E-state index contributed by atoms with van der Waals surface area (Å²) in [6.45, 7) is 0.402. The van der Waals surface area contributed by atoms with E-state index in [0.717, 1.165) is 15.6 Å². The van der Waals surface area contributed by atoms with E-state index in [1.165, 1.54) is 6.21 Å². The summed E-state index contributed by atoms with van der Waals surface area (Å²) in [5.74, 6) is 1.21. The highest BCUT2D eigenvalue weighted by molar-refractivity contribution is 9.10. The van der Waals surface area contributed by atoms with Crippen LogP contribution in [-0.2, 0) is 16.2 Å². The van der Waals surface area contributed by atoms with Crippen LogP contribution < -0.4 is 25.0 Å². The lowest BCUT2D eigenvalue weighted by atomic mass is 10.2. The number of carbonyl (C=O) groups is 2. The van der Waals surface area contributed by atoms with Crippen molar-refractivity contribution in [1.29, 1.82) is 0 Å². The van der Waals surface area contributed by atoms with Crippen LogP contribution in [0.15, 0.2) is 76.3 Å². The zero-order valence-corrected chi connectivity index (χ0v) is 21.0. The molecule has 0 unspecified atom stereocenters. The van der Waals surface area contributed by atoms with Gasteiger partial charge in [0.1, 0.15) is 12.4 Å². The van der Waals surface area contributed by atoms with Gasteiger partial charge in [-0.25, -0.2) is 5.43 Å². The zero-order chi connectivity index (χ0) is 25.0. The number of benzene rings is 3. The molecule has 0 bridgehead atoms. The molecule has 182 valence electrons. The Kier molecular flexibility index (Phi) is 9.68. The van der Waals surface area contributed by atoms with E-state index in [2.05, 4.69) is 31.8 Å². The molecular weight excluding hydrogens is 514 g/mol. The molecule has 3 aromatic carbocycles. The first-order valence-electron chi connectivity index (χ1n) is 10.8. The highest BCUT2D eigenvalue weighted by Gasteiger charge is 2.08. The molecule has 8 nitrogen and oxygen atoms in total. The molecule has 0 spiro atoms. The van der Waals surface area contributed by atoms with Gasteiger partial charge in [-0.15, -0.1) is 0 Å². The highest BCUT2D eigenvalue weighted by atomic mass is 79.9. The average molecular weight is 540 g/mol. The van der Waals surface area contributed by atoms with Gasteiger partial charge in [-0.3, -0.25) is 9.59 Å². The van der Waals surface area contributed by atoms with Crippen molar-refractivity contribution in [2.24, 2.45) is 5.10 Å². The molecule has 2 N–H and O–H groups in total. The Bertz CT molecular complexity index is 1160. The van der Waals surface area contributed by atoms with Gasteiger partial charge in [0.05, 0.1) is 20.4 Å². The fraction of sp³-hybridized carbons (Fsp3) is 0.192. The van der Waals surface area contributed by atoms with Crippen molar-refractivity contribution >= 4 is 39.6 Å². The number of nitrogens with one attached hydrogen (secondary N) is 2. The first-order chi connectivity index (χ1) is 17.0. The van der Waals surface area contributed by atoms with Crippen LogP contribution in [0, 0.1) is 0 Å². The number of hydrogen-bond acceptors (Lipinski definition) is 6. The second kappa shape index (κ2) is 13.1. The lowest BCUT2D eigenvalue weighted by Crippen LogP contribution is -2.20. The van der Waals surface area contributed by atoms with Gasteiger partial charge in [-0.1, -0.05) is 28.1 Å². The van der Waals surface area contributed by atoms with Crippen molar-refractivity contribution in [3.8, 4) is 17.2 Å². The van der Waals surface area contributed by atoms with Crippen LogP contribution in [0.4, 0.5) is 5.69 Å². The molecule has 0 aromatic heterocycles. The molecule has 0 aliphatic carbocycles. The van der Waals surface area contributed by atoms with Crippen molar-refractivity contribution in [2.75, 3.05) is 19.5 Å². The van der Waals surface area contributed by atoms with E-state index in [9.17, 15) is 9.59 Å². The molecule has 3 rings (SSSR count). The number of nitrogens with zero attached hydrogens (tertiary/aromatic N) is 1. The van der Waals surface area contributed by atoms with E-state index >= 15 is 0 Å². The van der Waals surface area contributed by atoms with Crippen molar-refractivity contribution in [3.05, 3.63) is 82.3 Å². The van der Waals surface area contributed by atoms with E-state index in [4.69, 9.17) is 14.2 Å². The Balaban J connectivity index is 1.44. The Morgan fingerprint density at radius 1 is 0.886 bits per heavy atom. The average Bonchev–Trinajstić information content (AvgIpc) is 2.88. The first-order valence-corrected chi connectivity index (χ1v) is 11.6. The smallest absolute Gasteiger partial charge is 0.240 e. The predicted molar refractivity (Wildman–Crippen MR) is 138 cm³/mol. The third-order valence-electron chi connectivity index (χ3n) is 4.85. The number of amides is 2. The summed E-state index contributed by atoms with van der Waals surface area (Å²) < 4.78 is 17.4. The number of methoxy groups -OCH3 is 2. The second-order valence-electron chi connectivity index (χ2n) is 7.40. The van der Waals surface area contributed by atoms with Crippen LogP contribution in [0.2, 0.25) is 0 Å². The Morgan fingerprint density at radius 2 is 1.60 bits per heavy atom. The van der Waals surface area contributed by atoms with Crippen LogP contribution in [-0.4, -0.2) is 32.2 Å². The summed E-state index contributed by atoms with van der Waals surface area (Å²) in [6, 6.07) is 20.1. The number of rotatable bonds is 11. The van der Waals surface area contributed by atoms with Crippen LogP contribution in [0.3, 0.4) is 0 Å². The summed E-state index contributed by atoms with van der Waals surface area (Å²) >= 11 is 3.41. The summed E-state index contributed by atoms with van der Waals surface area (Å²) in [5.41, 5.74) is 4.81. The molecule has 2 amide bonds. The second-order valence-corrected chi connectivity index (χ2v) is 8.31. The topological polar surface area (TPSA) is 98.2 Å². The molecule has 35 heavy (non-hydrogen) atoms. The molecule has 0 aliphatic heterocycles. The van der Waals surface area contributed by atoms with Gasteiger partial charge in [0, 0.05) is 23.0 Å². The van der Waals surface area contributed by atoms with Gasteiger partial charge in [0.2, 0.25) is 11.8 Å². The summed E-state index contributed by atoms with van der Waals surface area (Å²) in [7, 11) is 3.13. The number of hydrogen-bond donors (Lipinski definition) is 2. The van der Waals surface area contributed by atoms with Crippen molar-refractivity contribution < 1.29 is 23.8 Å². The molecular formula is C26H26BrN3O5. The molecule has 3 aromatic rings. The predicted octanol–water partition coefficient (Wildman–Crippen LogP) is 4.91. The van der Waals surface area contributed by atoms with E-state index < -0.39 is 0 Å². The van der Waals surface area contributed by atoms with Crippen LogP contribution >= 0.6 is 15.9 Å². The summed E-state index contributed by atoms with van der Waals surface area (Å²) in [5, 5.41) is 6.69. The van der Waals surface area contributed by atoms with Crippen molar-refractivity contribution in [3.63, 3.8) is 0 Å². The molecule has 0 saturated heterocycles. The Morgan fingerprint density at radius 3 is 2.29 bits per heavy atom. The van der Waals surface area contributed by atoms with Crippen LogP contribution in [0.25, 0.3) is 0 Å². The van der Waals surface area contributed by atoms with E-state index in [-0.39, 0.29) is 24.7 Å². The molecule has 0 aliphatic rings. The number of hydrazone groups is 1. The lowest BCUT2D eigenvalue weighted by molar-refractivity contribution is -0.124. The largest absolute Gasteiger partial charge is 0.497 e. The van der Waals surface area contributed by atoms with Crippen molar-refractivity contribution in [1.82, 2.24) is 5.43 Å². The third kappa shape index (κ3) is 8.46. The number of anilines is 1. The Labute approximate surface area is 212 Å². The molecule has 0 heterocycles. The van der Waals surface area contributed by atoms with E-state index in [1.807, 2.05) is 24.3 Å². The minimum Gasteiger partial charge on any atom is -0.497 e. The first kappa shape index (κ1) is 25.8. The van der Waals surface area contributed by atoms with Gasteiger partial charge < -0.3 is 19.5 Å². The lowest BCUT2D eigenvalue weighted by Gasteiger charge is -2.11. The maximum atomic E-state index is 12.0. The molecule has 0 fully saturated rings. The Hall–Kier alpha value is -3.85. The maximum Gasteiger partial charge on any atom is 0.240 e. The van der Waals surface area contributed by atoms with Crippen molar-refractivity contribution in [2.45, 2.75) is 19.4 Å². The van der Waals surface area contributed by atoms with Gasteiger partial charge >= 0.3 is 0 Å². The van der Waals surface area contributed by atoms with Gasteiger partial charge in [-0.05, 0) is 65.7 Å². The van der Waals surface area contributed by atoms with Gasteiger partial charge in [0.15, 0.2) is 11.5 Å². The summed E-state index contributed by atoms with van der Waals surface area (Å²) in [4.78, 5) is 24.1. The number of carbonyl (C=O) groups excluding carboxylic acids is 2. The van der Waals surface area contributed by atoms with E-state index in [1.54, 1.807) is 56.7 Å². The highest BCUT2D eigenvalue weighted by Crippen LogP contribution is 2.28. The summed E-state index contributed by atoms with van der Waals surface area (Å²) in [6.07, 6.45) is 1.54. The fourth-order valence-corrected chi connectivity index (χ4v) is 3.25. The minimum atomic E-state index is -0.368. The fourth-order valence-electron chi connectivity index (χ4n) is 2.99. The monoisotopic (exact) mass is 539 g/mol. The quantitative estimate of drug-likeness (QED) is 0.266. The molecule has 0 radical (unpaired) electrons. The normalized spacial score (nSPS) is 10.6. The number of halogens is 1. The van der Waals surface area contributed by atoms with Gasteiger partial charge in [-0.2, -0.15) is 5.10 Å². The van der Waals surface area contributed by atoms with Gasteiger partial charge in [0.25, 0.3) is 0 Å². The molecule has 0 atom stereocenters. The third-order valence-corrected chi connectivity index (χ3v) is 5.38. The van der Waals surface area contributed by atoms with Crippen LogP contribution in [0.1, 0.15) is 24.0 Å². The van der Waals surface area contributed by atoms with E-state index in [0.29, 0.717) is 29.5 Å². The van der Waals surface area contributed by atoms with Crippen LogP contribution in [0.5, 0.6) is 17.2 Å².